The standard InChI is InChI=1S/C17H14FN3O/c1-10-12(8-19)16-17(22-13(21-16)9-20-2)15(18)14(10)11-6-4-3-5-7-11/h3-7,20H,9H2,1-2H3. The van der Waals surface area contributed by atoms with Gasteiger partial charge < -0.3 is 9.73 Å². The summed E-state index contributed by atoms with van der Waals surface area (Å²) in [5, 5.41) is 12.3. The van der Waals surface area contributed by atoms with Crippen LogP contribution in [-0.4, -0.2) is 12.0 Å². The summed E-state index contributed by atoms with van der Waals surface area (Å²) in [6.45, 7) is 2.11. The van der Waals surface area contributed by atoms with Crippen LogP contribution in [-0.2, 0) is 6.54 Å². The van der Waals surface area contributed by atoms with Crippen molar-refractivity contribution in [2.75, 3.05) is 7.05 Å². The molecule has 0 aliphatic carbocycles. The second-order valence-corrected chi connectivity index (χ2v) is 4.98. The van der Waals surface area contributed by atoms with Crippen molar-refractivity contribution in [1.29, 1.82) is 5.26 Å². The Hall–Kier alpha value is -2.71. The van der Waals surface area contributed by atoms with E-state index in [0.717, 1.165) is 0 Å². The van der Waals surface area contributed by atoms with Crippen LogP contribution >= 0.6 is 0 Å². The number of hydrogen-bond donors (Lipinski definition) is 1. The summed E-state index contributed by atoms with van der Waals surface area (Å²) in [7, 11) is 1.75. The van der Waals surface area contributed by atoms with Crippen molar-refractivity contribution in [2.45, 2.75) is 13.5 Å². The van der Waals surface area contributed by atoms with Crippen LogP contribution in [0.2, 0.25) is 0 Å². The Kier molecular flexibility index (Phi) is 3.61. The minimum atomic E-state index is -0.479. The fraction of sp³-hybridized carbons (Fsp3) is 0.176. The van der Waals surface area contributed by atoms with Crippen LogP contribution in [0.15, 0.2) is 34.7 Å². The van der Waals surface area contributed by atoms with Gasteiger partial charge in [0.25, 0.3) is 0 Å². The van der Waals surface area contributed by atoms with Gasteiger partial charge in [0.05, 0.1) is 12.1 Å². The second kappa shape index (κ2) is 5.58. The summed E-state index contributed by atoms with van der Waals surface area (Å²) in [4.78, 5) is 4.24. The number of aromatic nitrogens is 1. The van der Waals surface area contributed by atoms with Crippen LogP contribution < -0.4 is 5.32 Å². The zero-order chi connectivity index (χ0) is 15.7. The van der Waals surface area contributed by atoms with Crippen LogP contribution in [0.25, 0.3) is 22.2 Å². The molecule has 1 N–H and O–H groups in total. The average molecular weight is 295 g/mol. The number of halogens is 1. The third-order valence-corrected chi connectivity index (χ3v) is 3.58. The molecule has 5 heteroatoms. The van der Waals surface area contributed by atoms with E-state index in [1.54, 1.807) is 14.0 Å². The van der Waals surface area contributed by atoms with Crippen LogP contribution in [0.4, 0.5) is 4.39 Å². The number of benzene rings is 2. The summed E-state index contributed by atoms with van der Waals surface area (Å²) < 4.78 is 20.4. The summed E-state index contributed by atoms with van der Waals surface area (Å²) in [6, 6.07) is 11.3. The molecule has 0 bridgehead atoms. The first-order chi connectivity index (χ1) is 10.7. The smallest absolute Gasteiger partial charge is 0.209 e. The lowest BCUT2D eigenvalue weighted by molar-refractivity contribution is 0.493. The van der Waals surface area contributed by atoms with E-state index >= 15 is 0 Å². The zero-order valence-electron chi connectivity index (χ0n) is 12.3. The Balaban J connectivity index is 2.37. The number of nitriles is 1. The van der Waals surface area contributed by atoms with E-state index in [1.807, 2.05) is 30.3 Å². The SMILES string of the molecule is CNCc1nc2c(C#N)c(C)c(-c3ccccc3)c(F)c2o1. The quantitative estimate of drug-likeness (QED) is 0.803. The maximum atomic E-state index is 14.9. The largest absolute Gasteiger partial charge is 0.436 e. The number of fused-ring (bicyclic) bond motifs is 1. The Labute approximate surface area is 127 Å². The van der Waals surface area contributed by atoms with E-state index in [4.69, 9.17) is 4.42 Å². The number of nitrogens with one attached hydrogen (secondary N) is 1. The molecule has 0 amide bonds. The Bertz CT molecular complexity index is 879. The number of hydrogen-bond acceptors (Lipinski definition) is 4. The molecule has 0 saturated carbocycles. The van der Waals surface area contributed by atoms with E-state index in [9.17, 15) is 9.65 Å². The lowest BCUT2D eigenvalue weighted by Crippen LogP contribution is -2.04. The highest BCUT2D eigenvalue weighted by atomic mass is 19.1. The van der Waals surface area contributed by atoms with Crippen LogP contribution in [0.5, 0.6) is 0 Å². The highest BCUT2D eigenvalue weighted by molar-refractivity contribution is 5.89. The number of nitrogens with zero attached hydrogens (tertiary/aromatic N) is 2. The zero-order valence-corrected chi connectivity index (χ0v) is 12.3. The number of oxazole rings is 1. The Morgan fingerprint density at radius 1 is 1.32 bits per heavy atom. The van der Waals surface area contributed by atoms with Crippen molar-refractivity contribution in [3.63, 3.8) is 0 Å². The van der Waals surface area contributed by atoms with Gasteiger partial charge in [-0.05, 0) is 25.1 Å². The molecule has 22 heavy (non-hydrogen) atoms. The molecule has 0 unspecified atom stereocenters. The van der Waals surface area contributed by atoms with Gasteiger partial charge in [-0.3, -0.25) is 0 Å². The molecule has 0 radical (unpaired) electrons. The van der Waals surface area contributed by atoms with Crippen molar-refractivity contribution < 1.29 is 8.81 Å². The predicted molar refractivity (Wildman–Crippen MR) is 81.6 cm³/mol. The average Bonchev–Trinajstić information content (AvgIpc) is 2.93. The van der Waals surface area contributed by atoms with Crippen LogP contribution in [0, 0.1) is 24.1 Å². The van der Waals surface area contributed by atoms with Crippen molar-refractivity contribution >= 4 is 11.1 Å². The van der Waals surface area contributed by atoms with Crippen LogP contribution in [0.3, 0.4) is 0 Å². The van der Waals surface area contributed by atoms with Crippen LogP contribution in [0.1, 0.15) is 17.0 Å². The minimum absolute atomic E-state index is 0.0336. The molecule has 0 atom stereocenters. The van der Waals surface area contributed by atoms with Gasteiger partial charge in [-0.15, -0.1) is 0 Å². The molecule has 2 aromatic carbocycles. The molecule has 0 fully saturated rings. The van der Waals surface area contributed by atoms with Gasteiger partial charge in [0, 0.05) is 5.56 Å². The fourth-order valence-electron chi connectivity index (χ4n) is 2.58. The van der Waals surface area contributed by atoms with Gasteiger partial charge in [-0.25, -0.2) is 9.37 Å². The molecule has 1 heterocycles. The molecule has 1 aromatic heterocycles. The highest BCUT2D eigenvalue weighted by Crippen LogP contribution is 2.35. The van der Waals surface area contributed by atoms with Crippen molar-refractivity contribution in [3.8, 4) is 17.2 Å². The molecule has 0 saturated heterocycles. The highest BCUT2D eigenvalue weighted by Gasteiger charge is 2.22. The lowest BCUT2D eigenvalue weighted by atomic mass is 9.95. The van der Waals surface area contributed by atoms with E-state index in [1.165, 1.54) is 0 Å². The molecule has 110 valence electrons. The van der Waals surface area contributed by atoms with Crippen molar-refractivity contribution in [1.82, 2.24) is 10.3 Å². The first-order valence-corrected chi connectivity index (χ1v) is 6.89. The third kappa shape index (κ3) is 2.14. The van der Waals surface area contributed by atoms with Gasteiger partial charge in [0.1, 0.15) is 11.6 Å². The van der Waals surface area contributed by atoms with Gasteiger partial charge in [0.2, 0.25) is 5.89 Å². The lowest BCUT2D eigenvalue weighted by Gasteiger charge is -2.09. The molecular formula is C17H14FN3O. The summed E-state index contributed by atoms with van der Waals surface area (Å²) in [5.41, 5.74) is 2.33. The molecule has 3 rings (SSSR count). The monoisotopic (exact) mass is 295 g/mol. The summed E-state index contributed by atoms with van der Waals surface area (Å²) in [6.07, 6.45) is 0. The van der Waals surface area contributed by atoms with Crippen molar-refractivity contribution in [3.05, 3.63) is 53.2 Å². The molecule has 4 nitrogen and oxygen atoms in total. The molecule has 3 aromatic rings. The maximum Gasteiger partial charge on any atom is 0.209 e. The second-order valence-electron chi connectivity index (χ2n) is 4.98. The van der Waals surface area contributed by atoms with E-state index in [0.29, 0.717) is 34.7 Å². The number of rotatable bonds is 3. The first kappa shape index (κ1) is 14.2. The van der Waals surface area contributed by atoms with Crippen molar-refractivity contribution in [2.24, 2.45) is 0 Å². The summed E-state index contributed by atoms with van der Waals surface area (Å²) in [5.74, 6) is -0.120. The van der Waals surface area contributed by atoms with E-state index < -0.39 is 5.82 Å². The first-order valence-electron chi connectivity index (χ1n) is 6.89. The molecule has 0 aliphatic heterocycles. The van der Waals surface area contributed by atoms with E-state index in [-0.39, 0.29) is 11.1 Å². The third-order valence-electron chi connectivity index (χ3n) is 3.58. The Morgan fingerprint density at radius 3 is 2.68 bits per heavy atom. The molecule has 0 aliphatic rings. The minimum Gasteiger partial charge on any atom is -0.436 e. The molecular weight excluding hydrogens is 281 g/mol. The topological polar surface area (TPSA) is 61.9 Å². The van der Waals surface area contributed by atoms with Gasteiger partial charge in [0.15, 0.2) is 11.4 Å². The summed E-state index contributed by atoms with van der Waals surface area (Å²) >= 11 is 0. The fourth-order valence-corrected chi connectivity index (χ4v) is 2.58. The van der Waals surface area contributed by atoms with Gasteiger partial charge in [-0.2, -0.15) is 5.26 Å². The predicted octanol–water partition coefficient (Wildman–Crippen LogP) is 3.53. The normalized spacial score (nSPS) is 10.8. The maximum absolute atomic E-state index is 14.9. The molecule has 0 spiro atoms. The Morgan fingerprint density at radius 2 is 2.05 bits per heavy atom. The van der Waals surface area contributed by atoms with E-state index in [2.05, 4.69) is 16.4 Å². The van der Waals surface area contributed by atoms with Gasteiger partial charge >= 0.3 is 0 Å². The van der Waals surface area contributed by atoms with Gasteiger partial charge in [-0.1, -0.05) is 30.3 Å².